The molecular weight excluding hydrogens is 204 g/mol. The molecule has 0 aromatic carbocycles. The van der Waals surface area contributed by atoms with Crippen molar-refractivity contribution >= 4 is 37.9 Å². The van der Waals surface area contributed by atoms with Crippen molar-refractivity contribution in [1.82, 2.24) is 0 Å². The van der Waals surface area contributed by atoms with Crippen molar-refractivity contribution in [2.24, 2.45) is 17.8 Å². The van der Waals surface area contributed by atoms with Crippen LogP contribution in [0.2, 0.25) is 0 Å². The average molecular weight is 222 g/mol. The van der Waals surface area contributed by atoms with E-state index in [-0.39, 0.29) is 0 Å². The average Bonchev–Trinajstić information content (AvgIpc) is 2.65. The summed E-state index contributed by atoms with van der Waals surface area (Å²) in [5.41, 5.74) is 0. The number of hydrogen-bond acceptors (Lipinski definition) is 3. The van der Waals surface area contributed by atoms with Gasteiger partial charge in [0, 0.05) is 5.08 Å². The van der Waals surface area contributed by atoms with Crippen LogP contribution in [-0.2, 0) is 0 Å². The van der Waals surface area contributed by atoms with Crippen LogP contribution in [0.25, 0.3) is 0 Å². The lowest BCUT2D eigenvalue weighted by Gasteiger charge is -2.18. The molecule has 0 aromatic rings. The van der Waals surface area contributed by atoms with Crippen molar-refractivity contribution in [1.29, 1.82) is 0 Å². The normalized spacial score (nSPS) is 37.8. The van der Waals surface area contributed by atoms with Crippen LogP contribution in [0.3, 0.4) is 0 Å². The third-order valence-electron chi connectivity index (χ3n) is 3.12. The molecule has 3 atom stereocenters. The number of hydrogen-bond donors (Lipinski definition) is 3. The number of fused-ring (bicyclic) bond motifs is 2. The van der Waals surface area contributed by atoms with E-state index in [9.17, 15) is 0 Å². The second kappa shape index (κ2) is 5.71. The Kier molecular flexibility index (Phi) is 5.30. The molecule has 0 aliphatic heterocycles. The van der Waals surface area contributed by atoms with E-state index >= 15 is 0 Å². The second-order valence-corrected chi connectivity index (χ2v) is 5.26. The van der Waals surface area contributed by atoms with E-state index in [0.717, 1.165) is 23.5 Å². The zero-order chi connectivity index (χ0) is 8.97. The van der Waals surface area contributed by atoms with Gasteiger partial charge in [0.1, 0.15) is 0 Å². The first kappa shape index (κ1) is 11.1. The van der Waals surface area contributed by atoms with Gasteiger partial charge in [0.05, 0.1) is 0 Å². The van der Waals surface area contributed by atoms with Gasteiger partial charge in [0.15, 0.2) is 0 Å². The van der Waals surface area contributed by atoms with Crippen molar-refractivity contribution in [2.75, 3.05) is 10.8 Å². The molecule has 2 aliphatic carbocycles. The summed E-state index contributed by atoms with van der Waals surface area (Å²) in [5, 5.41) is 0.639. The highest BCUT2D eigenvalue weighted by Crippen LogP contribution is 2.48. The monoisotopic (exact) mass is 222 g/mol. The quantitative estimate of drug-likeness (QED) is 0.440. The van der Waals surface area contributed by atoms with Crippen LogP contribution >= 0.6 is 37.9 Å². The van der Waals surface area contributed by atoms with Crippen LogP contribution in [0.1, 0.15) is 25.7 Å². The summed E-state index contributed by atoms with van der Waals surface area (Å²) in [6.07, 6.45) is 6.06. The SMILES string of the molecule is SCC1CC2CCC1C2.SCS. The standard InChI is InChI=1S/C8H14S.CH4S2/c9-5-8-4-6-1-2-7(8)3-6;2-1-3/h6-9H,1-5H2;2-3H,1H2. The Morgan fingerprint density at radius 1 is 1.00 bits per heavy atom. The molecular formula is C9H18S3. The topological polar surface area (TPSA) is 0 Å². The highest BCUT2D eigenvalue weighted by atomic mass is 32.2. The van der Waals surface area contributed by atoms with E-state index in [1.54, 1.807) is 0 Å². The van der Waals surface area contributed by atoms with E-state index in [2.05, 4.69) is 37.9 Å². The van der Waals surface area contributed by atoms with Gasteiger partial charge in [-0.15, -0.1) is 0 Å². The van der Waals surface area contributed by atoms with Crippen LogP contribution in [0, 0.1) is 17.8 Å². The Bertz CT molecular complexity index is 127. The molecule has 0 nitrogen and oxygen atoms in total. The van der Waals surface area contributed by atoms with Crippen molar-refractivity contribution in [3.05, 3.63) is 0 Å². The molecule has 3 unspecified atom stereocenters. The molecule has 72 valence electrons. The summed E-state index contributed by atoms with van der Waals surface area (Å²) in [6, 6.07) is 0. The van der Waals surface area contributed by atoms with Crippen molar-refractivity contribution in [2.45, 2.75) is 25.7 Å². The fourth-order valence-corrected chi connectivity index (χ4v) is 3.05. The lowest BCUT2D eigenvalue weighted by Crippen LogP contribution is -2.11. The van der Waals surface area contributed by atoms with Gasteiger partial charge >= 0.3 is 0 Å². The van der Waals surface area contributed by atoms with Crippen LogP contribution in [0.15, 0.2) is 0 Å². The van der Waals surface area contributed by atoms with Crippen LogP contribution in [-0.4, -0.2) is 10.8 Å². The molecule has 0 heterocycles. The Labute approximate surface area is 92.1 Å². The van der Waals surface area contributed by atoms with Crippen LogP contribution in [0.4, 0.5) is 0 Å². The first-order valence-electron chi connectivity index (χ1n) is 4.64. The molecule has 2 rings (SSSR count). The van der Waals surface area contributed by atoms with E-state index in [0.29, 0.717) is 5.08 Å². The van der Waals surface area contributed by atoms with Gasteiger partial charge in [-0.2, -0.15) is 37.9 Å². The van der Waals surface area contributed by atoms with Gasteiger partial charge in [-0.1, -0.05) is 6.42 Å². The zero-order valence-electron chi connectivity index (χ0n) is 7.32. The molecule has 2 bridgehead atoms. The molecule has 0 radical (unpaired) electrons. The van der Waals surface area contributed by atoms with Gasteiger partial charge < -0.3 is 0 Å². The molecule has 0 spiro atoms. The predicted octanol–water partition coefficient (Wildman–Crippen LogP) is 3.16. The first-order valence-corrected chi connectivity index (χ1v) is 6.54. The fourth-order valence-electron chi connectivity index (χ4n) is 2.60. The molecule has 2 fully saturated rings. The summed E-state index contributed by atoms with van der Waals surface area (Å²) < 4.78 is 0. The molecule has 3 heteroatoms. The molecule has 0 saturated heterocycles. The highest BCUT2D eigenvalue weighted by Gasteiger charge is 2.38. The molecule has 0 aromatic heterocycles. The van der Waals surface area contributed by atoms with Gasteiger partial charge in [-0.05, 0) is 42.8 Å². The Morgan fingerprint density at radius 2 is 1.67 bits per heavy atom. The van der Waals surface area contributed by atoms with E-state index in [1.807, 2.05) is 0 Å². The van der Waals surface area contributed by atoms with Crippen LogP contribution < -0.4 is 0 Å². The molecule has 2 aliphatic rings. The van der Waals surface area contributed by atoms with Crippen molar-refractivity contribution < 1.29 is 0 Å². The summed E-state index contributed by atoms with van der Waals surface area (Å²) >= 11 is 11.7. The lowest BCUT2D eigenvalue weighted by molar-refractivity contribution is 0.366. The lowest BCUT2D eigenvalue weighted by atomic mass is 9.90. The van der Waals surface area contributed by atoms with E-state index in [4.69, 9.17) is 0 Å². The Hall–Kier alpha value is 1.05. The van der Waals surface area contributed by atoms with Gasteiger partial charge in [-0.3, -0.25) is 0 Å². The maximum absolute atomic E-state index is 4.35. The predicted molar refractivity (Wildman–Crippen MR) is 65.6 cm³/mol. The molecule has 12 heavy (non-hydrogen) atoms. The molecule has 0 amide bonds. The maximum Gasteiger partial charge on any atom is 0.0331 e. The molecule has 2 saturated carbocycles. The Balaban J connectivity index is 0.000000213. The number of rotatable bonds is 1. The van der Waals surface area contributed by atoms with Gasteiger partial charge in [0.2, 0.25) is 0 Å². The maximum atomic E-state index is 4.35. The minimum Gasteiger partial charge on any atom is -0.179 e. The van der Waals surface area contributed by atoms with Crippen molar-refractivity contribution in [3.63, 3.8) is 0 Å². The number of thiol groups is 3. The highest BCUT2D eigenvalue weighted by molar-refractivity contribution is 7.98. The summed E-state index contributed by atoms with van der Waals surface area (Å²) in [4.78, 5) is 0. The summed E-state index contributed by atoms with van der Waals surface area (Å²) in [7, 11) is 0. The summed E-state index contributed by atoms with van der Waals surface area (Å²) in [6.45, 7) is 0. The smallest absolute Gasteiger partial charge is 0.0331 e. The minimum atomic E-state index is 0.639. The largest absolute Gasteiger partial charge is 0.179 e. The zero-order valence-corrected chi connectivity index (χ0v) is 10.00. The van der Waals surface area contributed by atoms with Gasteiger partial charge in [0.25, 0.3) is 0 Å². The van der Waals surface area contributed by atoms with Crippen LogP contribution in [0.5, 0.6) is 0 Å². The third-order valence-corrected chi connectivity index (χ3v) is 3.59. The van der Waals surface area contributed by atoms with Gasteiger partial charge in [-0.25, -0.2) is 0 Å². The third kappa shape index (κ3) is 2.78. The molecule has 0 N–H and O–H groups in total. The fraction of sp³-hybridized carbons (Fsp3) is 1.00. The first-order chi connectivity index (χ1) is 5.81. The second-order valence-electron chi connectivity index (χ2n) is 3.76. The summed E-state index contributed by atoms with van der Waals surface area (Å²) in [5.74, 6) is 4.31. The van der Waals surface area contributed by atoms with E-state index < -0.39 is 0 Å². The Morgan fingerprint density at radius 3 is 1.92 bits per heavy atom. The van der Waals surface area contributed by atoms with E-state index in [1.165, 1.54) is 25.7 Å². The minimum absolute atomic E-state index is 0.639. The van der Waals surface area contributed by atoms with Crippen molar-refractivity contribution in [3.8, 4) is 0 Å².